The van der Waals surface area contributed by atoms with Gasteiger partial charge in [0, 0.05) is 21.9 Å². The highest BCUT2D eigenvalue weighted by Crippen LogP contribution is 2.20. The zero-order chi connectivity index (χ0) is 15.1. The van der Waals surface area contributed by atoms with Crippen molar-refractivity contribution in [3.8, 4) is 0 Å². The molecule has 0 bridgehead atoms. The minimum absolute atomic E-state index is 0.0142. The van der Waals surface area contributed by atoms with E-state index in [1.165, 1.54) is 12.8 Å². The lowest BCUT2D eigenvalue weighted by atomic mass is 10.1. The molecule has 0 aliphatic heterocycles. The highest BCUT2D eigenvalue weighted by atomic mass is 79.9. The van der Waals surface area contributed by atoms with Crippen LogP contribution < -0.4 is 5.32 Å². The van der Waals surface area contributed by atoms with Gasteiger partial charge >= 0.3 is 0 Å². The Morgan fingerprint density at radius 3 is 2.48 bits per heavy atom. The van der Waals surface area contributed by atoms with E-state index in [9.17, 15) is 4.79 Å². The first-order valence-electron chi connectivity index (χ1n) is 7.24. The summed E-state index contributed by atoms with van der Waals surface area (Å²) in [5.74, 6) is 0.0142. The van der Waals surface area contributed by atoms with E-state index in [0.717, 1.165) is 45.5 Å². The minimum Gasteiger partial charge on any atom is -0.352 e. The maximum atomic E-state index is 12.1. The minimum atomic E-state index is 0.0142. The molecular formula is C17H19Br2NO. The summed E-state index contributed by atoms with van der Waals surface area (Å²) < 4.78 is 1.05. The van der Waals surface area contributed by atoms with Crippen molar-refractivity contribution in [1.29, 1.82) is 0 Å². The number of fused-ring (bicyclic) bond motifs is 1. The number of nitrogens with one attached hydrogen (secondary N) is 1. The average molecular weight is 413 g/mol. The molecule has 0 saturated carbocycles. The quantitative estimate of drug-likeness (QED) is 0.485. The Labute approximate surface area is 142 Å². The van der Waals surface area contributed by atoms with E-state index in [1.807, 2.05) is 30.3 Å². The molecule has 2 aromatic rings. The SMILES string of the molecule is O=C(NCCCCCCBr)c1ccc2cc(Br)ccc2c1. The number of hydrogen-bond acceptors (Lipinski definition) is 1. The van der Waals surface area contributed by atoms with Gasteiger partial charge in [0.15, 0.2) is 0 Å². The highest BCUT2D eigenvalue weighted by molar-refractivity contribution is 9.10. The van der Waals surface area contributed by atoms with Gasteiger partial charge in [-0.15, -0.1) is 0 Å². The van der Waals surface area contributed by atoms with Crippen LogP contribution in [0, 0.1) is 0 Å². The summed E-state index contributed by atoms with van der Waals surface area (Å²) in [4.78, 5) is 12.1. The molecule has 2 nitrogen and oxygen atoms in total. The first kappa shape index (κ1) is 16.5. The standard InChI is InChI=1S/C17H19Br2NO/c18-9-3-1-2-4-10-20-17(21)15-6-5-14-12-16(19)8-7-13(14)11-15/h5-8,11-12H,1-4,9-10H2,(H,20,21). The van der Waals surface area contributed by atoms with Crippen molar-refractivity contribution >= 4 is 48.5 Å². The Hall–Kier alpha value is -0.870. The Balaban J connectivity index is 1.89. The molecule has 0 heterocycles. The normalized spacial score (nSPS) is 10.8. The summed E-state index contributed by atoms with van der Waals surface area (Å²) in [6, 6.07) is 11.9. The van der Waals surface area contributed by atoms with Gasteiger partial charge in [-0.25, -0.2) is 0 Å². The molecule has 1 amide bonds. The number of carbonyl (C=O) groups is 1. The monoisotopic (exact) mass is 411 g/mol. The number of rotatable bonds is 7. The van der Waals surface area contributed by atoms with Gasteiger partial charge in [0.05, 0.1) is 0 Å². The van der Waals surface area contributed by atoms with Crippen LogP contribution in [-0.4, -0.2) is 17.8 Å². The average Bonchev–Trinajstić information content (AvgIpc) is 2.50. The van der Waals surface area contributed by atoms with E-state index in [4.69, 9.17) is 0 Å². The van der Waals surface area contributed by atoms with Gasteiger partial charge in [0.2, 0.25) is 0 Å². The molecule has 0 saturated heterocycles. The second-order valence-electron chi connectivity index (χ2n) is 5.07. The topological polar surface area (TPSA) is 29.1 Å². The van der Waals surface area contributed by atoms with Gasteiger partial charge in [0.25, 0.3) is 5.91 Å². The van der Waals surface area contributed by atoms with E-state index < -0.39 is 0 Å². The van der Waals surface area contributed by atoms with Crippen LogP contribution >= 0.6 is 31.9 Å². The van der Waals surface area contributed by atoms with Crippen molar-refractivity contribution in [2.75, 3.05) is 11.9 Å². The maximum Gasteiger partial charge on any atom is 0.251 e. The van der Waals surface area contributed by atoms with Crippen molar-refractivity contribution in [3.05, 3.63) is 46.4 Å². The molecule has 0 atom stereocenters. The second-order valence-corrected chi connectivity index (χ2v) is 6.77. The number of hydrogen-bond donors (Lipinski definition) is 1. The summed E-state index contributed by atoms with van der Waals surface area (Å²) in [7, 11) is 0. The molecule has 0 spiro atoms. The van der Waals surface area contributed by atoms with E-state index in [-0.39, 0.29) is 5.91 Å². The first-order valence-corrected chi connectivity index (χ1v) is 9.15. The summed E-state index contributed by atoms with van der Waals surface area (Å²) >= 11 is 6.88. The van der Waals surface area contributed by atoms with Crippen molar-refractivity contribution in [2.45, 2.75) is 25.7 Å². The molecule has 0 aromatic heterocycles. The molecule has 1 N–H and O–H groups in total. The highest BCUT2D eigenvalue weighted by Gasteiger charge is 2.05. The van der Waals surface area contributed by atoms with Crippen LogP contribution in [0.5, 0.6) is 0 Å². The van der Waals surface area contributed by atoms with Gasteiger partial charge in [-0.2, -0.15) is 0 Å². The number of benzene rings is 2. The van der Waals surface area contributed by atoms with Crippen LogP contribution in [-0.2, 0) is 0 Å². The molecule has 0 unspecified atom stereocenters. The smallest absolute Gasteiger partial charge is 0.251 e. The zero-order valence-corrected chi connectivity index (χ0v) is 15.0. The second kappa shape index (κ2) is 8.54. The van der Waals surface area contributed by atoms with Gasteiger partial charge in [-0.3, -0.25) is 4.79 Å². The van der Waals surface area contributed by atoms with Crippen molar-refractivity contribution in [1.82, 2.24) is 5.32 Å². The molecule has 112 valence electrons. The van der Waals surface area contributed by atoms with Crippen LogP contribution in [0.15, 0.2) is 40.9 Å². The predicted octanol–water partition coefficient (Wildman–Crippen LogP) is 5.29. The van der Waals surface area contributed by atoms with Crippen molar-refractivity contribution in [3.63, 3.8) is 0 Å². The molecule has 0 aliphatic rings. The maximum absolute atomic E-state index is 12.1. The number of halogens is 2. The summed E-state index contributed by atoms with van der Waals surface area (Å²) in [5.41, 5.74) is 0.727. The molecule has 0 fully saturated rings. The molecule has 2 aromatic carbocycles. The van der Waals surface area contributed by atoms with Crippen LogP contribution in [0.2, 0.25) is 0 Å². The zero-order valence-electron chi connectivity index (χ0n) is 11.9. The Kier molecular flexibility index (Phi) is 6.71. The molecule has 21 heavy (non-hydrogen) atoms. The van der Waals surface area contributed by atoms with Crippen LogP contribution in [0.25, 0.3) is 10.8 Å². The third kappa shape index (κ3) is 5.11. The third-order valence-corrected chi connectivity index (χ3v) is 4.46. The van der Waals surface area contributed by atoms with Crippen LogP contribution in [0.1, 0.15) is 36.0 Å². The molecule has 4 heteroatoms. The van der Waals surface area contributed by atoms with Crippen LogP contribution in [0.3, 0.4) is 0 Å². The summed E-state index contributed by atoms with van der Waals surface area (Å²) in [6.45, 7) is 0.749. The fraction of sp³-hybridized carbons (Fsp3) is 0.353. The van der Waals surface area contributed by atoms with Crippen molar-refractivity contribution < 1.29 is 4.79 Å². The third-order valence-electron chi connectivity index (χ3n) is 3.41. The van der Waals surface area contributed by atoms with E-state index in [1.54, 1.807) is 0 Å². The lowest BCUT2D eigenvalue weighted by Crippen LogP contribution is -2.24. The van der Waals surface area contributed by atoms with Gasteiger partial charge in [0.1, 0.15) is 0 Å². The molecule has 0 radical (unpaired) electrons. The Morgan fingerprint density at radius 1 is 0.952 bits per heavy atom. The molecule has 0 aliphatic carbocycles. The molecular weight excluding hydrogens is 394 g/mol. The number of alkyl halides is 1. The summed E-state index contributed by atoms with van der Waals surface area (Å²) in [6.07, 6.45) is 4.62. The number of carbonyl (C=O) groups excluding carboxylic acids is 1. The molecule has 2 rings (SSSR count). The Morgan fingerprint density at radius 2 is 1.67 bits per heavy atom. The lowest BCUT2D eigenvalue weighted by Gasteiger charge is -2.06. The van der Waals surface area contributed by atoms with Gasteiger partial charge in [-0.1, -0.05) is 56.8 Å². The van der Waals surface area contributed by atoms with E-state index in [2.05, 4.69) is 43.2 Å². The fourth-order valence-electron chi connectivity index (χ4n) is 2.23. The van der Waals surface area contributed by atoms with E-state index >= 15 is 0 Å². The first-order chi connectivity index (χ1) is 10.2. The van der Waals surface area contributed by atoms with Crippen LogP contribution in [0.4, 0.5) is 0 Å². The van der Waals surface area contributed by atoms with Gasteiger partial charge < -0.3 is 5.32 Å². The number of amides is 1. The van der Waals surface area contributed by atoms with Gasteiger partial charge in [-0.05, 0) is 47.9 Å². The predicted molar refractivity (Wildman–Crippen MR) is 96.2 cm³/mol. The lowest BCUT2D eigenvalue weighted by molar-refractivity contribution is 0.0953. The largest absolute Gasteiger partial charge is 0.352 e. The van der Waals surface area contributed by atoms with Crippen molar-refractivity contribution in [2.24, 2.45) is 0 Å². The number of unbranched alkanes of at least 4 members (excludes halogenated alkanes) is 3. The fourth-order valence-corrected chi connectivity index (χ4v) is 3.01. The summed E-state index contributed by atoms with van der Waals surface area (Å²) in [5, 5.41) is 6.28. The van der Waals surface area contributed by atoms with E-state index in [0.29, 0.717) is 0 Å². The Bertz CT molecular complexity index is 613.